The molecule has 0 spiro atoms. The van der Waals surface area contributed by atoms with Gasteiger partial charge in [0.2, 0.25) is 0 Å². The van der Waals surface area contributed by atoms with Gasteiger partial charge in [-0.25, -0.2) is 0 Å². The summed E-state index contributed by atoms with van der Waals surface area (Å²) in [7, 11) is 2.07. The van der Waals surface area contributed by atoms with Crippen molar-refractivity contribution in [2.75, 3.05) is 12.4 Å². The Kier molecular flexibility index (Phi) is 6.96. The second kappa shape index (κ2) is 10.5. The van der Waals surface area contributed by atoms with Gasteiger partial charge in [0.25, 0.3) is 6.71 Å². The van der Waals surface area contributed by atoms with Crippen molar-refractivity contribution in [3.8, 4) is 23.0 Å². The molecular formula is C32H33BN2O2. The van der Waals surface area contributed by atoms with Crippen LogP contribution in [0, 0.1) is 13.8 Å². The Morgan fingerprint density at radius 2 is 1.43 bits per heavy atom. The van der Waals surface area contributed by atoms with Crippen LogP contribution in [0.3, 0.4) is 0 Å². The Hall–Kier alpha value is -4.12. The van der Waals surface area contributed by atoms with Crippen LogP contribution in [0.2, 0.25) is 0 Å². The predicted molar refractivity (Wildman–Crippen MR) is 156 cm³/mol. The van der Waals surface area contributed by atoms with E-state index in [2.05, 4.69) is 86.7 Å². The number of hydrogen-bond acceptors (Lipinski definition) is 4. The summed E-state index contributed by atoms with van der Waals surface area (Å²) in [5, 5.41) is 3.75. The Morgan fingerprint density at radius 3 is 2.08 bits per heavy atom. The molecule has 0 saturated heterocycles. The summed E-state index contributed by atoms with van der Waals surface area (Å²) in [6.45, 7) is 8.36. The number of allylic oxidation sites excluding steroid dienone is 1. The average Bonchev–Trinajstić information content (AvgIpc) is 2.91. The first-order valence-electron chi connectivity index (χ1n) is 12.8. The lowest BCUT2D eigenvalue weighted by Gasteiger charge is -2.31. The third-order valence-electron chi connectivity index (χ3n) is 7.04. The molecular weight excluding hydrogens is 455 g/mol. The molecule has 4 aromatic rings. The van der Waals surface area contributed by atoms with Crippen molar-refractivity contribution in [2.45, 2.75) is 33.9 Å². The third kappa shape index (κ3) is 4.82. The molecule has 0 aliphatic carbocycles. The van der Waals surface area contributed by atoms with E-state index in [0.717, 1.165) is 56.2 Å². The van der Waals surface area contributed by atoms with Gasteiger partial charge in [-0.05, 0) is 79.6 Å². The zero-order valence-electron chi connectivity index (χ0n) is 22.2. The smallest absolute Gasteiger partial charge is 0.255 e. The number of nitrogens with zero attached hydrogens (tertiary/aromatic N) is 1. The molecule has 4 aromatic carbocycles. The fourth-order valence-corrected chi connectivity index (χ4v) is 4.91. The van der Waals surface area contributed by atoms with E-state index >= 15 is 0 Å². The number of aryl methyl sites for hydroxylation is 2. The van der Waals surface area contributed by atoms with E-state index in [1.165, 1.54) is 0 Å². The zero-order chi connectivity index (χ0) is 25.9. The largest absolute Gasteiger partial charge is 0.458 e. The normalized spacial score (nSPS) is 12.9. The molecule has 0 radical (unpaired) electrons. The van der Waals surface area contributed by atoms with Gasteiger partial charge in [-0.3, -0.25) is 0 Å². The minimum atomic E-state index is -0.0371. The molecule has 0 amide bonds. The van der Waals surface area contributed by atoms with E-state index in [-0.39, 0.29) is 12.9 Å². The van der Waals surface area contributed by atoms with Gasteiger partial charge in [-0.1, -0.05) is 72.8 Å². The maximum absolute atomic E-state index is 6.84. The first-order valence-corrected chi connectivity index (χ1v) is 12.8. The zero-order valence-corrected chi connectivity index (χ0v) is 22.2. The van der Waals surface area contributed by atoms with E-state index in [9.17, 15) is 0 Å². The number of hydrogen-bond donors (Lipinski definition) is 1. The van der Waals surface area contributed by atoms with Gasteiger partial charge in [0.15, 0.2) is 0 Å². The van der Waals surface area contributed by atoms with Gasteiger partial charge in [0.05, 0.1) is 11.9 Å². The van der Waals surface area contributed by atoms with Gasteiger partial charge in [-0.2, -0.15) is 0 Å². The number of ether oxygens (including phenoxy) is 2. The quantitative estimate of drug-likeness (QED) is 0.227. The SMILES string of the molecule is C/C=C\N(C)[C@H](C)Nc1c(C)ccc(B2c3ccccc3Oc3ccccc32)c1Oc1ccccc1C. The van der Waals surface area contributed by atoms with E-state index in [4.69, 9.17) is 9.47 Å². The fourth-order valence-electron chi connectivity index (χ4n) is 4.91. The Bertz CT molecular complexity index is 1400. The van der Waals surface area contributed by atoms with Crippen molar-refractivity contribution in [1.29, 1.82) is 0 Å². The Balaban J connectivity index is 1.72. The highest BCUT2D eigenvalue weighted by atomic mass is 16.5. The summed E-state index contributed by atoms with van der Waals surface area (Å²) in [5.41, 5.74) is 6.57. The summed E-state index contributed by atoms with van der Waals surface area (Å²) in [4.78, 5) is 2.16. The molecule has 1 N–H and O–H groups in total. The highest BCUT2D eigenvalue weighted by molar-refractivity contribution is 6.97. The van der Waals surface area contributed by atoms with Crippen LogP contribution in [-0.2, 0) is 0 Å². The average molecular weight is 488 g/mol. The third-order valence-corrected chi connectivity index (χ3v) is 7.04. The number of para-hydroxylation sites is 3. The number of rotatable bonds is 7. The molecule has 5 rings (SSSR count). The molecule has 0 aromatic heterocycles. The summed E-state index contributed by atoms with van der Waals surface area (Å²) in [6.07, 6.45) is 4.17. The van der Waals surface area contributed by atoms with Crippen LogP contribution < -0.4 is 31.2 Å². The van der Waals surface area contributed by atoms with Crippen LogP contribution in [0.25, 0.3) is 0 Å². The van der Waals surface area contributed by atoms with E-state index in [1.54, 1.807) is 0 Å². The molecule has 1 aliphatic heterocycles. The maximum Gasteiger partial charge on any atom is 0.255 e. The maximum atomic E-state index is 6.84. The molecule has 0 fully saturated rings. The Labute approximate surface area is 220 Å². The molecule has 4 nitrogen and oxygen atoms in total. The van der Waals surface area contributed by atoms with Crippen LogP contribution >= 0.6 is 0 Å². The Morgan fingerprint density at radius 1 is 0.811 bits per heavy atom. The van der Waals surface area contributed by atoms with Gasteiger partial charge in [0, 0.05) is 7.05 Å². The molecule has 1 aliphatic rings. The summed E-state index contributed by atoms with van der Waals surface area (Å²) in [6, 6.07) is 29.2. The topological polar surface area (TPSA) is 33.7 Å². The molecule has 0 saturated carbocycles. The van der Waals surface area contributed by atoms with Crippen LogP contribution in [0.4, 0.5) is 5.69 Å². The van der Waals surface area contributed by atoms with Crippen molar-refractivity contribution in [3.63, 3.8) is 0 Å². The summed E-state index contributed by atoms with van der Waals surface area (Å²) in [5.74, 6) is 3.45. The fraction of sp³-hybridized carbons (Fsp3) is 0.188. The van der Waals surface area contributed by atoms with Crippen molar-refractivity contribution in [3.05, 3.63) is 108 Å². The van der Waals surface area contributed by atoms with Crippen molar-refractivity contribution in [2.24, 2.45) is 0 Å². The van der Waals surface area contributed by atoms with Gasteiger partial charge in [-0.15, -0.1) is 0 Å². The van der Waals surface area contributed by atoms with Crippen LogP contribution in [0.1, 0.15) is 25.0 Å². The molecule has 1 atom stereocenters. The first kappa shape index (κ1) is 24.6. The minimum Gasteiger partial charge on any atom is -0.458 e. The van der Waals surface area contributed by atoms with E-state index in [0.29, 0.717) is 0 Å². The van der Waals surface area contributed by atoms with Crippen molar-refractivity contribution in [1.82, 2.24) is 4.90 Å². The van der Waals surface area contributed by atoms with Crippen molar-refractivity contribution >= 4 is 28.8 Å². The lowest BCUT2D eigenvalue weighted by molar-refractivity contribution is 0.382. The molecule has 0 bridgehead atoms. The second-order valence-electron chi connectivity index (χ2n) is 9.62. The molecule has 37 heavy (non-hydrogen) atoms. The number of fused-ring (bicyclic) bond motifs is 2. The predicted octanol–water partition coefficient (Wildman–Crippen LogP) is 5.94. The monoisotopic (exact) mass is 488 g/mol. The highest BCUT2D eigenvalue weighted by Crippen LogP contribution is 2.35. The summed E-state index contributed by atoms with van der Waals surface area (Å²) >= 11 is 0. The minimum absolute atomic E-state index is 0.0371. The van der Waals surface area contributed by atoms with E-state index < -0.39 is 0 Å². The molecule has 1 heterocycles. The van der Waals surface area contributed by atoms with E-state index in [1.807, 2.05) is 55.5 Å². The highest BCUT2D eigenvalue weighted by Gasteiger charge is 2.35. The lowest BCUT2D eigenvalue weighted by Crippen LogP contribution is -2.55. The first-order chi connectivity index (χ1) is 18.0. The van der Waals surface area contributed by atoms with Gasteiger partial charge < -0.3 is 19.7 Å². The number of benzene rings is 4. The second-order valence-corrected chi connectivity index (χ2v) is 9.62. The number of anilines is 1. The summed E-state index contributed by atoms with van der Waals surface area (Å²) < 4.78 is 13.1. The number of nitrogens with one attached hydrogen (secondary N) is 1. The standard InChI is InChI=1S/C32H33BN2O2/c1-6-21-35(5)24(4)34-31-23(3)19-20-27(32(31)37-28-16-10-7-13-22(28)2)33-25-14-8-11-17-29(25)36-30-18-12-9-15-26(30)33/h6-21,24,34H,1-5H3/b21-6-/t24-/m1/s1. The lowest BCUT2D eigenvalue weighted by atomic mass is 9.35. The van der Waals surface area contributed by atoms with Crippen molar-refractivity contribution < 1.29 is 9.47 Å². The molecule has 186 valence electrons. The molecule has 5 heteroatoms. The van der Waals surface area contributed by atoms with Crippen LogP contribution in [0.5, 0.6) is 23.0 Å². The van der Waals surface area contributed by atoms with Crippen LogP contribution in [0.15, 0.2) is 97.2 Å². The molecule has 0 unspecified atom stereocenters. The van der Waals surface area contributed by atoms with Gasteiger partial charge >= 0.3 is 0 Å². The van der Waals surface area contributed by atoms with Gasteiger partial charge in [0.1, 0.15) is 23.0 Å². The van der Waals surface area contributed by atoms with Crippen LogP contribution in [-0.4, -0.2) is 24.8 Å².